The van der Waals surface area contributed by atoms with Crippen LogP contribution in [0.25, 0.3) is 6.08 Å². The minimum absolute atomic E-state index is 0.0603. The Morgan fingerprint density at radius 1 is 0.966 bits per heavy atom. The third kappa shape index (κ3) is 5.54. The van der Waals surface area contributed by atoms with Gasteiger partial charge in [0.15, 0.2) is 0 Å². The number of carbonyl (C=O) groups is 3. The van der Waals surface area contributed by atoms with Crippen LogP contribution >= 0.6 is 0 Å². The normalized spacial score (nSPS) is 14.6. The van der Waals surface area contributed by atoms with Crippen molar-refractivity contribution in [1.82, 2.24) is 10.2 Å². The standard InChI is InChI=1S/C23H24N2O4/c1-29-23(28)19-10-7-17(8-11-19)9-12-21(26)25-15-13-20(14-16-25)24-22(27)18-5-3-2-4-6-18/h2-12,20H,13-16H2,1H3,(H,24,27)/b12-9+. The largest absolute Gasteiger partial charge is 0.465 e. The van der Waals surface area contributed by atoms with Gasteiger partial charge in [-0.1, -0.05) is 30.3 Å². The number of carbonyl (C=O) groups excluding carboxylic acids is 3. The quantitative estimate of drug-likeness (QED) is 0.627. The molecule has 1 heterocycles. The Morgan fingerprint density at radius 2 is 1.62 bits per heavy atom. The summed E-state index contributed by atoms with van der Waals surface area (Å²) in [6.45, 7) is 1.20. The molecule has 1 fully saturated rings. The molecular weight excluding hydrogens is 368 g/mol. The molecule has 0 aromatic heterocycles. The van der Waals surface area contributed by atoms with Gasteiger partial charge in [-0.05, 0) is 48.7 Å². The minimum atomic E-state index is -0.390. The number of likely N-dealkylation sites (tertiary alicyclic amines) is 1. The lowest BCUT2D eigenvalue weighted by atomic mass is 10.0. The van der Waals surface area contributed by atoms with Crippen molar-refractivity contribution in [3.05, 3.63) is 77.4 Å². The van der Waals surface area contributed by atoms with Gasteiger partial charge in [-0.2, -0.15) is 0 Å². The van der Waals surface area contributed by atoms with Gasteiger partial charge >= 0.3 is 5.97 Å². The second-order valence-electron chi connectivity index (χ2n) is 6.89. The topological polar surface area (TPSA) is 75.7 Å². The molecule has 3 rings (SSSR count). The zero-order valence-corrected chi connectivity index (χ0v) is 16.3. The molecule has 0 spiro atoms. The maximum atomic E-state index is 12.4. The molecule has 6 heteroatoms. The van der Waals surface area contributed by atoms with Crippen molar-refractivity contribution in [2.24, 2.45) is 0 Å². The number of benzene rings is 2. The second kappa shape index (κ2) is 9.68. The van der Waals surface area contributed by atoms with Gasteiger partial charge in [-0.3, -0.25) is 9.59 Å². The van der Waals surface area contributed by atoms with Gasteiger partial charge in [0.25, 0.3) is 5.91 Å². The summed E-state index contributed by atoms with van der Waals surface area (Å²) in [7, 11) is 1.34. The molecule has 6 nitrogen and oxygen atoms in total. The van der Waals surface area contributed by atoms with Crippen LogP contribution in [0.4, 0.5) is 0 Å². The van der Waals surface area contributed by atoms with Crippen molar-refractivity contribution in [1.29, 1.82) is 0 Å². The fraction of sp³-hybridized carbons (Fsp3) is 0.261. The van der Waals surface area contributed by atoms with E-state index in [9.17, 15) is 14.4 Å². The smallest absolute Gasteiger partial charge is 0.337 e. The molecule has 0 radical (unpaired) electrons. The summed E-state index contributed by atoms with van der Waals surface area (Å²) in [5.41, 5.74) is 1.94. The molecule has 0 atom stereocenters. The van der Waals surface area contributed by atoms with E-state index >= 15 is 0 Å². The van der Waals surface area contributed by atoms with Crippen LogP contribution in [0, 0.1) is 0 Å². The average molecular weight is 392 g/mol. The van der Waals surface area contributed by atoms with Gasteiger partial charge in [0, 0.05) is 30.8 Å². The third-order valence-electron chi connectivity index (χ3n) is 4.93. The van der Waals surface area contributed by atoms with Gasteiger partial charge in [0.1, 0.15) is 0 Å². The maximum absolute atomic E-state index is 12.4. The molecule has 2 amide bonds. The maximum Gasteiger partial charge on any atom is 0.337 e. The lowest BCUT2D eigenvalue weighted by Crippen LogP contribution is -2.46. The number of hydrogen-bond donors (Lipinski definition) is 1. The molecule has 1 aliphatic heterocycles. The van der Waals surface area contributed by atoms with Crippen molar-refractivity contribution >= 4 is 23.9 Å². The Balaban J connectivity index is 1.48. The summed E-state index contributed by atoms with van der Waals surface area (Å²) in [6, 6.07) is 16.1. The monoisotopic (exact) mass is 392 g/mol. The third-order valence-corrected chi connectivity index (χ3v) is 4.93. The molecule has 0 aliphatic carbocycles. The Labute approximate surface area is 170 Å². The number of rotatable bonds is 5. The zero-order chi connectivity index (χ0) is 20.6. The van der Waals surface area contributed by atoms with Crippen molar-refractivity contribution in [3.63, 3.8) is 0 Å². The van der Waals surface area contributed by atoms with Gasteiger partial charge < -0.3 is 15.0 Å². The van der Waals surface area contributed by atoms with E-state index in [2.05, 4.69) is 10.1 Å². The predicted octanol–water partition coefficient (Wildman–Crippen LogP) is 2.91. The van der Waals surface area contributed by atoms with Crippen LogP contribution in [-0.2, 0) is 9.53 Å². The molecule has 1 N–H and O–H groups in total. The Morgan fingerprint density at radius 3 is 2.24 bits per heavy atom. The molecule has 0 saturated carbocycles. The fourth-order valence-corrected chi connectivity index (χ4v) is 3.22. The Hall–Kier alpha value is -3.41. The molecule has 2 aromatic rings. The number of esters is 1. The van der Waals surface area contributed by atoms with Crippen LogP contribution in [0.3, 0.4) is 0 Å². The molecule has 0 unspecified atom stereocenters. The number of methoxy groups -OCH3 is 1. The van der Waals surface area contributed by atoms with Crippen LogP contribution in [0.5, 0.6) is 0 Å². The number of piperidine rings is 1. The van der Waals surface area contributed by atoms with E-state index in [1.54, 1.807) is 47.4 Å². The number of hydrogen-bond acceptors (Lipinski definition) is 4. The average Bonchev–Trinajstić information content (AvgIpc) is 2.78. The van der Waals surface area contributed by atoms with E-state index in [4.69, 9.17) is 0 Å². The summed E-state index contributed by atoms with van der Waals surface area (Å²) in [5.74, 6) is -0.528. The summed E-state index contributed by atoms with van der Waals surface area (Å²) in [5, 5.41) is 3.04. The lowest BCUT2D eigenvalue weighted by molar-refractivity contribution is -0.127. The van der Waals surface area contributed by atoms with Crippen LogP contribution in [0.2, 0.25) is 0 Å². The Kier molecular flexibility index (Phi) is 6.79. The zero-order valence-electron chi connectivity index (χ0n) is 16.3. The molecule has 1 saturated heterocycles. The van der Waals surface area contributed by atoms with E-state index in [1.807, 2.05) is 18.2 Å². The Bertz CT molecular complexity index is 883. The summed E-state index contributed by atoms with van der Waals surface area (Å²) in [4.78, 5) is 37.9. The molecule has 29 heavy (non-hydrogen) atoms. The minimum Gasteiger partial charge on any atom is -0.465 e. The molecule has 0 bridgehead atoms. The van der Waals surface area contributed by atoms with Crippen molar-refractivity contribution in [2.75, 3.05) is 20.2 Å². The summed E-state index contributed by atoms with van der Waals surface area (Å²) < 4.78 is 4.67. The molecule has 150 valence electrons. The van der Waals surface area contributed by atoms with Crippen molar-refractivity contribution < 1.29 is 19.1 Å². The highest BCUT2D eigenvalue weighted by atomic mass is 16.5. The van der Waals surface area contributed by atoms with Crippen LogP contribution in [-0.4, -0.2) is 48.9 Å². The first-order chi connectivity index (χ1) is 14.1. The highest BCUT2D eigenvalue weighted by Gasteiger charge is 2.23. The lowest BCUT2D eigenvalue weighted by Gasteiger charge is -2.31. The van der Waals surface area contributed by atoms with Gasteiger partial charge in [-0.15, -0.1) is 0 Å². The number of amides is 2. The molecular formula is C23H24N2O4. The summed E-state index contributed by atoms with van der Waals surface area (Å²) >= 11 is 0. The highest BCUT2D eigenvalue weighted by molar-refractivity contribution is 5.94. The first-order valence-electron chi connectivity index (χ1n) is 9.58. The SMILES string of the molecule is COC(=O)c1ccc(/C=C/C(=O)N2CCC(NC(=O)c3ccccc3)CC2)cc1. The number of nitrogens with one attached hydrogen (secondary N) is 1. The van der Waals surface area contributed by atoms with Crippen LogP contribution < -0.4 is 5.32 Å². The fourth-order valence-electron chi connectivity index (χ4n) is 3.22. The molecule has 1 aliphatic rings. The summed E-state index contributed by atoms with van der Waals surface area (Å²) in [6.07, 6.45) is 4.72. The highest BCUT2D eigenvalue weighted by Crippen LogP contribution is 2.13. The van der Waals surface area contributed by atoms with Crippen molar-refractivity contribution in [2.45, 2.75) is 18.9 Å². The number of ether oxygens (including phenoxy) is 1. The van der Waals surface area contributed by atoms with Crippen molar-refractivity contribution in [3.8, 4) is 0 Å². The van der Waals surface area contributed by atoms with E-state index in [0.717, 1.165) is 18.4 Å². The van der Waals surface area contributed by atoms with E-state index in [-0.39, 0.29) is 23.8 Å². The van der Waals surface area contributed by atoms with Crippen LogP contribution in [0.15, 0.2) is 60.7 Å². The van der Waals surface area contributed by atoms with Gasteiger partial charge in [0.05, 0.1) is 12.7 Å². The van der Waals surface area contributed by atoms with E-state index in [0.29, 0.717) is 24.2 Å². The van der Waals surface area contributed by atoms with Gasteiger partial charge in [-0.25, -0.2) is 4.79 Å². The number of nitrogens with zero attached hydrogens (tertiary/aromatic N) is 1. The van der Waals surface area contributed by atoms with Crippen LogP contribution in [0.1, 0.15) is 39.1 Å². The first kappa shape index (κ1) is 20.3. The second-order valence-corrected chi connectivity index (χ2v) is 6.89. The van der Waals surface area contributed by atoms with E-state index < -0.39 is 0 Å². The predicted molar refractivity (Wildman–Crippen MR) is 110 cm³/mol. The van der Waals surface area contributed by atoms with Gasteiger partial charge in [0.2, 0.25) is 5.91 Å². The van der Waals surface area contributed by atoms with E-state index in [1.165, 1.54) is 13.2 Å². The molecule has 2 aromatic carbocycles. The first-order valence-corrected chi connectivity index (χ1v) is 9.58.